The zero-order valence-electron chi connectivity index (χ0n) is 16.0. The number of hydrogen-bond donors (Lipinski definition) is 1. The molecule has 0 heterocycles. The summed E-state index contributed by atoms with van der Waals surface area (Å²) in [5, 5.41) is 3.49. The van der Waals surface area contributed by atoms with Crippen LogP contribution < -0.4 is 5.32 Å². The Morgan fingerprint density at radius 1 is 1.30 bits per heavy atom. The maximum absolute atomic E-state index is 13.4. The molecule has 0 atom stereocenters. The molecular formula is C20H33FN2. The number of halogens is 1. The minimum absolute atomic E-state index is 0.153. The average molecular weight is 320 g/mol. The molecule has 0 radical (unpaired) electrons. The predicted octanol–water partition coefficient (Wildman–Crippen LogP) is 5.76. The minimum Gasteiger partial charge on any atom is -0.307 e. The van der Waals surface area contributed by atoms with Crippen LogP contribution in [0.1, 0.15) is 66.0 Å². The normalized spacial score (nSPS) is 12.7. The standard InChI is InChI=1S/C18H27FN2.C2H6/c1-7-11-20-18(5,6)14(4)21-17(8-2)15-9-10-16(19)13(3)12-15;1-2/h8-10,12,20H,7,11H2,1-6H3;1-2H3/b17-8-,21-14?;. The Balaban J connectivity index is 0.00000232. The fourth-order valence-corrected chi connectivity index (χ4v) is 1.99. The van der Waals surface area contributed by atoms with Gasteiger partial charge in [0.1, 0.15) is 5.82 Å². The van der Waals surface area contributed by atoms with Crippen molar-refractivity contribution in [3.8, 4) is 0 Å². The van der Waals surface area contributed by atoms with Crippen LogP contribution in [0.2, 0.25) is 0 Å². The number of aliphatic imine (C=N–C) groups is 1. The number of nitrogens with one attached hydrogen (secondary N) is 1. The Kier molecular flexibility index (Phi) is 9.66. The van der Waals surface area contributed by atoms with E-state index in [-0.39, 0.29) is 11.4 Å². The fourth-order valence-electron chi connectivity index (χ4n) is 1.99. The van der Waals surface area contributed by atoms with Crippen molar-refractivity contribution in [1.82, 2.24) is 5.32 Å². The van der Waals surface area contributed by atoms with Gasteiger partial charge in [0.2, 0.25) is 0 Å². The molecule has 0 aromatic heterocycles. The number of rotatable bonds is 6. The summed E-state index contributed by atoms with van der Waals surface area (Å²) in [5.41, 5.74) is 3.33. The van der Waals surface area contributed by atoms with Gasteiger partial charge < -0.3 is 5.32 Å². The first-order valence-corrected chi connectivity index (χ1v) is 8.55. The SMILES string of the molecule is C/C=C(\N=C(C)C(C)(C)NCCC)c1ccc(F)c(C)c1.CC. The van der Waals surface area contributed by atoms with E-state index in [1.54, 1.807) is 13.0 Å². The van der Waals surface area contributed by atoms with E-state index in [0.29, 0.717) is 5.56 Å². The molecule has 130 valence electrons. The lowest BCUT2D eigenvalue weighted by Gasteiger charge is -2.26. The molecule has 0 fully saturated rings. The summed E-state index contributed by atoms with van der Waals surface area (Å²) in [5.74, 6) is -0.181. The highest BCUT2D eigenvalue weighted by Gasteiger charge is 2.20. The Labute approximate surface area is 141 Å². The molecule has 0 spiro atoms. The molecule has 0 aliphatic rings. The van der Waals surface area contributed by atoms with Gasteiger partial charge in [-0.25, -0.2) is 4.39 Å². The fraction of sp³-hybridized carbons (Fsp3) is 0.550. The van der Waals surface area contributed by atoms with Crippen molar-refractivity contribution >= 4 is 11.4 Å². The van der Waals surface area contributed by atoms with E-state index in [1.165, 1.54) is 6.07 Å². The average Bonchev–Trinajstić information content (AvgIpc) is 2.55. The zero-order valence-corrected chi connectivity index (χ0v) is 16.0. The van der Waals surface area contributed by atoms with E-state index in [4.69, 9.17) is 4.99 Å². The van der Waals surface area contributed by atoms with Gasteiger partial charge in [0, 0.05) is 11.3 Å². The molecule has 2 nitrogen and oxygen atoms in total. The van der Waals surface area contributed by atoms with E-state index in [0.717, 1.165) is 29.9 Å². The summed E-state index contributed by atoms with van der Waals surface area (Å²) >= 11 is 0. The molecule has 0 saturated heterocycles. The van der Waals surface area contributed by atoms with Gasteiger partial charge in [-0.2, -0.15) is 0 Å². The summed E-state index contributed by atoms with van der Waals surface area (Å²) in [7, 11) is 0. The lowest BCUT2D eigenvalue weighted by atomic mass is 9.98. The van der Waals surface area contributed by atoms with Crippen molar-refractivity contribution in [3.05, 3.63) is 41.2 Å². The van der Waals surface area contributed by atoms with Crippen LogP contribution in [-0.4, -0.2) is 17.8 Å². The third-order valence-corrected chi connectivity index (χ3v) is 3.74. The predicted molar refractivity (Wildman–Crippen MR) is 102 cm³/mol. The molecule has 1 N–H and O–H groups in total. The van der Waals surface area contributed by atoms with Crippen molar-refractivity contribution < 1.29 is 4.39 Å². The van der Waals surface area contributed by atoms with Gasteiger partial charge >= 0.3 is 0 Å². The van der Waals surface area contributed by atoms with Gasteiger partial charge in [0.05, 0.1) is 11.2 Å². The monoisotopic (exact) mass is 320 g/mol. The molecule has 0 saturated carbocycles. The Morgan fingerprint density at radius 3 is 2.39 bits per heavy atom. The second-order valence-corrected chi connectivity index (χ2v) is 5.89. The Bertz CT molecular complexity index is 543. The molecule has 23 heavy (non-hydrogen) atoms. The maximum atomic E-state index is 13.4. The van der Waals surface area contributed by atoms with Gasteiger partial charge in [-0.3, -0.25) is 4.99 Å². The van der Waals surface area contributed by atoms with E-state index < -0.39 is 0 Å². The van der Waals surface area contributed by atoms with Crippen molar-refractivity contribution in [1.29, 1.82) is 0 Å². The van der Waals surface area contributed by atoms with Crippen LogP contribution in [0.15, 0.2) is 29.3 Å². The number of hydrogen-bond acceptors (Lipinski definition) is 2. The van der Waals surface area contributed by atoms with Crippen molar-refractivity contribution in [2.45, 2.75) is 67.3 Å². The molecule has 1 aromatic rings. The molecule has 0 unspecified atom stereocenters. The lowest BCUT2D eigenvalue weighted by molar-refractivity contribution is 0.502. The summed E-state index contributed by atoms with van der Waals surface area (Å²) in [4.78, 5) is 4.75. The molecular weight excluding hydrogens is 287 g/mol. The van der Waals surface area contributed by atoms with Gasteiger partial charge in [-0.1, -0.05) is 26.8 Å². The van der Waals surface area contributed by atoms with E-state index in [2.05, 4.69) is 26.1 Å². The van der Waals surface area contributed by atoms with Crippen LogP contribution >= 0.6 is 0 Å². The maximum Gasteiger partial charge on any atom is 0.126 e. The molecule has 0 amide bonds. The summed E-state index contributed by atoms with van der Waals surface area (Å²) in [6.07, 6.45) is 3.05. The first-order chi connectivity index (χ1) is 10.8. The van der Waals surface area contributed by atoms with Gasteiger partial charge in [0.15, 0.2) is 0 Å². The molecule has 0 aliphatic carbocycles. The first kappa shape index (κ1) is 21.5. The van der Waals surface area contributed by atoms with Crippen LogP contribution in [0.5, 0.6) is 0 Å². The zero-order chi connectivity index (χ0) is 18.0. The molecule has 3 heteroatoms. The molecule has 1 rings (SSSR count). The van der Waals surface area contributed by atoms with Gasteiger partial charge in [-0.15, -0.1) is 0 Å². The molecule has 0 bridgehead atoms. The second-order valence-electron chi connectivity index (χ2n) is 5.89. The number of allylic oxidation sites excluding steroid dienone is 1. The number of benzene rings is 1. The van der Waals surface area contributed by atoms with Crippen LogP contribution in [0, 0.1) is 12.7 Å². The van der Waals surface area contributed by atoms with Crippen LogP contribution in [0.4, 0.5) is 4.39 Å². The summed E-state index contributed by atoms with van der Waals surface area (Å²) in [6.45, 7) is 17.1. The van der Waals surface area contributed by atoms with Gasteiger partial charge in [0.25, 0.3) is 0 Å². The second kappa shape index (κ2) is 10.3. The molecule has 0 aliphatic heterocycles. The Morgan fingerprint density at radius 2 is 1.91 bits per heavy atom. The minimum atomic E-state index is -0.181. The highest BCUT2D eigenvalue weighted by molar-refractivity contribution is 5.94. The van der Waals surface area contributed by atoms with Crippen molar-refractivity contribution in [2.75, 3.05) is 6.54 Å². The summed E-state index contributed by atoms with van der Waals surface area (Å²) < 4.78 is 13.4. The molecule has 1 aromatic carbocycles. The quantitative estimate of drug-likeness (QED) is 0.662. The Hall–Kier alpha value is -1.48. The van der Waals surface area contributed by atoms with E-state index in [1.807, 2.05) is 39.8 Å². The van der Waals surface area contributed by atoms with Crippen LogP contribution in [-0.2, 0) is 0 Å². The highest BCUT2D eigenvalue weighted by atomic mass is 19.1. The van der Waals surface area contributed by atoms with E-state index >= 15 is 0 Å². The third kappa shape index (κ3) is 6.66. The van der Waals surface area contributed by atoms with Crippen LogP contribution in [0.25, 0.3) is 5.70 Å². The summed E-state index contributed by atoms with van der Waals surface area (Å²) in [6, 6.07) is 5.12. The largest absolute Gasteiger partial charge is 0.307 e. The lowest BCUT2D eigenvalue weighted by Crippen LogP contribution is -2.45. The topological polar surface area (TPSA) is 24.4 Å². The number of aryl methyl sites for hydroxylation is 1. The van der Waals surface area contributed by atoms with Crippen molar-refractivity contribution in [3.63, 3.8) is 0 Å². The van der Waals surface area contributed by atoms with Crippen LogP contribution in [0.3, 0.4) is 0 Å². The highest BCUT2D eigenvalue weighted by Crippen LogP contribution is 2.21. The smallest absolute Gasteiger partial charge is 0.126 e. The van der Waals surface area contributed by atoms with Crippen molar-refractivity contribution in [2.24, 2.45) is 4.99 Å². The van der Waals surface area contributed by atoms with E-state index in [9.17, 15) is 4.39 Å². The van der Waals surface area contributed by atoms with Gasteiger partial charge in [-0.05, 0) is 71.3 Å². The third-order valence-electron chi connectivity index (χ3n) is 3.74. The first-order valence-electron chi connectivity index (χ1n) is 8.55. The number of nitrogens with zero attached hydrogens (tertiary/aromatic N) is 1.